The highest BCUT2D eigenvalue weighted by Gasteiger charge is 2.42. The third kappa shape index (κ3) is 2.89. The number of benzene rings is 1. The van der Waals surface area contributed by atoms with Crippen molar-refractivity contribution in [2.75, 3.05) is 6.61 Å². The van der Waals surface area contributed by atoms with Gasteiger partial charge in [-0.2, -0.15) is 0 Å². The Balaban J connectivity index is 1.50. The zero-order valence-corrected chi connectivity index (χ0v) is 12.8. The van der Waals surface area contributed by atoms with Gasteiger partial charge in [-0.3, -0.25) is 0 Å². The van der Waals surface area contributed by atoms with E-state index in [1.807, 2.05) is 0 Å². The molecule has 2 saturated carbocycles. The van der Waals surface area contributed by atoms with Crippen molar-refractivity contribution in [1.82, 2.24) is 0 Å². The van der Waals surface area contributed by atoms with E-state index in [-0.39, 0.29) is 6.10 Å². The second kappa shape index (κ2) is 5.40. The van der Waals surface area contributed by atoms with E-state index in [1.165, 1.54) is 36.8 Å². The first-order chi connectivity index (χ1) is 10.2. The van der Waals surface area contributed by atoms with Crippen LogP contribution >= 0.6 is 0 Å². The summed E-state index contributed by atoms with van der Waals surface area (Å²) in [7, 11) is 0. The Hall–Kier alpha value is -0.860. The Morgan fingerprint density at radius 3 is 2.86 bits per heavy atom. The fraction of sp³-hybridized carbons (Fsp3) is 0.684. The molecule has 2 aliphatic carbocycles. The molecule has 0 bridgehead atoms. The largest absolute Gasteiger partial charge is 0.390 e. The summed E-state index contributed by atoms with van der Waals surface area (Å²) >= 11 is 0. The molecule has 21 heavy (non-hydrogen) atoms. The van der Waals surface area contributed by atoms with Crippen molar-refractivity contribution in [2.45, 2.75) is 63.1 Å². The van der Waals surface area contributed by atoms with Crippen molar-refractivity contribution in [3.05, 3.63) is 35.4 Å². The molecule has 2 heteroatoms. The molecule has 1 aliphatic heterocycles. The maximum atomic E-state index is 11.1. The first-order valence-corrected chi connectivity index (χ1v) is 8.65. The Kier molecular flexibility index (Phi) is 3.55. The minimum atomic E-state index is -0.499. The minimum Gasteiger partial charge on any atom is -0.390 e. The molecule has 114 valence electrons. The van der Waals surface area contributed by atoms with Crippen LogP contribution in [-0.2, 0) is 11.2 Å². The number of fused-ring (bicyclic) bond motifs is 1. The molecule has 3 unspecified atom stereocenters. The number of hydrogen-bond donors (Lipinski definition) is 1. The standard InChI is InChI=1S/C19H26O2/c20-19(10-3-5-16(12-19)14-7-8-14)13-18-17-6-2-1-4-15(17)9-11-21-18/h1-2,4,6,14,16,18,20H,3,5,7-13H2. The van der Waals surface area contributed by atoms with Crippen LogP contribution in [0.4, 0.5) is 0 Å². The molecule has 2 nitrogen and oxygen atoms in total. The van der Waals surface area contributed by atoms with Crippen LogP contribution in [0.2, 0.25) is 0 Å². The van der Waals surface area contributed by atoms with Crippen LogP contribution < -0.4 is 0 Å². The summed E-state index contributed by atoms with van der Waals surface area (Å²) in [6, 6.07) is 8.60. The van der Waals surface area contributed by atoms with Crippen LogP contribution in [0.15, 0.2) is 24.3 Å². The van der Waals surface area contributed by atoms with E-state index < -0.39 is 5.60 Å². The molecule has 1 aromatic rings. The lowest BCUT2D eigenvalue weighted by atomic mass is 9.72. The van der Waals surface area contributed by atoms with E-state index in [0.29, 0.717) is 0 Å². The lowest BCUT2D eigenvalue weighted by Crippen LogP contribution is -2.38. The normalized spacial score (nSPS) is 36.2. The average molecular weight is 286 g/mol. The molecule has 1 heterocycles. The number of aliphatic hydroxyl groups is 1. The van der Waals surface area contributed by atoms with Gasteiger partial charge in [0.15, 0.2) is 0 Å². The number of hydrogen-bond acceptors (Lipinski definition) is 2. The van der Waals surface area contributed by atoms with Gasteiger partial charge in [0.1, 0.15) is 0 Å². The van der Waals surface area contributed by atoms with Gasteiger partial charge in [0.25, 0.3) is 0 Å². The summed E-state index contributed by atoms with van der Waals surface area (Å²) in [6.45, 7) is 0.795. The highest BCUT2D eigenvalue weighted by atomic mass is 16.5. The fourth-order valence-electron chi connectivity index (χ4n) is 4.53. The molecule has 1 aromatic carbocycles. The Labute approximate surface area is 127 Å². The molecule has 0 radical (unpaired) electrons. The Morgan fingerprint density at radius 2 is 2.00 bits per heavy atom. The Bertz CT molecular complexity index is 508. The summed E-state index contributed by atoms with van der Waals surface area (Å²) in [5.74, 6) is 1.68. The van der Waals surface area contributed by atoms with E-state index in [1.54, 1.807) is 0 Å². The summed E-state index contributed by atoms with van der Waals surface area (Å²) in [5.41, 5.74) is 2.22. The molecule has 3 aliphatic rings. The van der Waals surface area contributed by atoms with Crippen LogP contribution in [0, 0.1) is 11.8 Å². The topological polar surface area (TPSA) is 29.5 Å². The van der Waals surface area contributed by atoms with Crippen LogP contribution in [-0.4, -0.2) is 17.3 Å². The van der Waals surface area contributed by atoms with E-state index in [2.05, 4.69) is 24.3 Å². The third-order valence-electron chi connectivity index (χ3n) is 5.81. The molecule has 0 amide bonds. The van der Waals surface area contributed by atoms with Gasteiger partial charge in [-0.1, -0.05) is 30.7 Å². The SMILES string of the molecule is OC1(CC2OCCc3ccccc32)CCCC(C2CC2)C1. The summed E-state index contributed by atoms with van der Waals surface area (Å²) in [6.07, 6.45) is 9.15. The lowest BCUT2D eigenvalue weighted by molar-refractivity contribution is -0.0768. The first-order valence-electron chi connectivity index (χ1n) is 8.65. The van der Waals surface area contributed by atoms with Crippen molar-refractivity contribution < 1.29 is 9.84 Å². The molecule has 0 spiro atoms. The lowest BCUT2D eigenvalue weighted by Gasteiger charge is -2.40. The van der Waals surface area contributed by atoms with Crippen LogP contribution in [0.1, 0.15) is 62.2 Å². The second-order valence-corrected chi connectivity index (χ2v) is 7.43. The molecule has 1 N–H and O–H groups in total. The van der Waals surface area contributed by atoms with Gasteiger partial charge in [0.05, 0.1) is 18.3 Å². The summed E-state index contributed by atoms with van der Waals surface area (Å²) in [4.78, 5) is 0. The zero-order chi connectivity index (χ0) is 14.3. The molecule has 0 saturated heterocycles. The highest BCUT2D eigenvalue weighted by Crippen LogP contribution is 2.49. The van der Waals surface area contributed by atoms with Gasteiger partial charge in [-0.05, 0) is 61.5 Å². The third-order valence-corrected chi connectivity index (χ3v) is 5.81. The van der Waals surface area contributed by atoms with Gasteiger partial charge in [-0.25, -0.2) is 0 Å². The first kappa shape index (κ1) is 13.8. The fourth-order valence-corrected chi connectivity index (χ4v) is 4.53. The molecule has 0 aromatic heterocycles. The van der Waals surface area contributed by atoms with E-state index in [4.69, 9.17) is 4.74 Å². The van der Waals surface area contributed by atoms with Gasteiger partial charge in [-0.15, -0.1) is 0 Å². The van der Waals surface area contributed by atoms with Crippen molar-refractivity contribution >= 4 is 0 Å². The van der Waals surface area contributed by atoms with Gasteiger partial charge >= 0.3 is 0 Å². The van der Waals surface area contributed by atoms with Crippen LogP contribution in [0.25, 0.3) is 0 Å². The number of rotatable bonds is 3. The zero-order valence-electron chi connectivity index (χ0n) is 12.8. The molecule has 4 rings (SSSR count). The van der Waals surface area contributed by atoms with E-state index in [9.17, 15) is 5.11 Å². The summed E-state index contributed by atoms with van der Waals surface area (Å²) in [5, 5.41) is 11.1. The highest BCUT2D eigenvalue weighted by molar-refractivity contribution is 5.31. The van der Waals surface area contributed by atoms with Crippen molar-refractivity contribution in [2.24, 2.45) is 11.8 Å². The number of ether oxygens (including phenoxy) is 1. The Morgan fingerprint density at radius 1 is 1.14 bits per heavy atom. The molecular formula is C19H26O2. The summed E-state index contributed by atoms with van der Waals surface area (Å²) < 4.78 is 6.02. The van der Waals surface area contributed by atoms with Crippen molar-refractivity contribution in [3.63, 3.8) is 0 Å². The van der Waals surface area contributed by atoms with Crippen molar-refractivity contribution in [1.29, 1.82) is 0 Å². The maximum absolute atomic E-state index is 11.1. The van der Waals surface area contributed by atoms with Crippen LogP contribution in [0.3, 0.4) is 0 Å². The van der Waals surface area contributed by atoms with Crippen molar-refractivity contribution in [3.8, 4) is 0 Å². The molecule has 2 fully saturated rings. The monoisotopic (exact) mass is 286 g/mol. The van der Waals surface area contributed by atoms with Crippen LogP contribution in [0.5, 0.6) is 0 Å². The average Bonchev–Trinajstić information content (AvgIpc) is 3.32. The quantitative estimate of drug-likeness (QED) is 0.909. The van der Waals surface area contributed by atoms with E-state index >= 15 is 0 Å². The van der Waals surface area contributed by atoms with Gasteiger partial charge in [0, 0.05) is 6.42 Å². The maximum Gasteiger partial charge on any atom is 0.0855 e. The van der Waals surface area contributed by atoms with E-state index in [0.717, 1.165) is 44.1 Å². The predicted molar refractivity (Wildman–Crippen MR) is 83.1 cm³/mol. The smallest absolute Gasteiger partial charge is 0.0855 e. The predicted octanol–water partition coefficient (Wildman–Crippen LogP) is 4.02. The molecule has 3 atom stereocenters. The van der Waals surface area contributed by atoms with Gasteiger partial charge < -0.3 is 9.84 Å². The minimum absolute atomic E-state index is 0.0953. The second-order valence-electron chi connectivity index (χ2n) is 7.43. The van der Waals surface area contributed by atoms with Gasteiger partial charge in [0.2, 0.25) is 0 Å². The molecular weight excluding hydrogens is 260 g/mol.